The summed E-state index contributed by atoms with van der Waals surface area (Å²) < 4.78 is 13.0. The molecule has 0 atom stereocenters. The number of rotatable bonds is 1. The van der Waals surface area contributed by atoms with Gasteiger partial charge >= 0.3 is 0 Å². The highest BCUT2D eigenvalue weighted by Gasteiger charge is 2.03. The molecule has 2 aromatic rings. The summed E-state index contributed by atoms with van der Waals surface area (Å²) in [5, 5.41) is 2.66. The largest absolute Gasteiger partial charge is 0.396 e. The van der Waals surface area contributed by atoms with Crippen molar-refractivity contribution in [3.05, 3.63) is 35.6 Å². The van der Waals surface area contributed by atoms with Crippen LogP contribution in [0.5, 0.6) is 0 Å². The smallest absolute Gasteiger partial charge is 0.146 e. The van der Waals surface area contributed by atoms with Gasteiger partial charge in [-0.25, -0.2) is 9.37 Å². The second-order valence-corrected chi connectivity index (χ2v) is 3.47. The minimum absolute atomic E-state index is 0.167. The predicted molar refractivity (Wildman–Crippen MR) is 51.9 cm³/mol. The zero-order valence-corrected chi connectivity index (χ0v) is 7.51. The highest BCUT2D eigenvalue weighted by Crippen LogP contribution is 2.24. The van der Waals surface area contributed by atoms with Crippen molar-refractivity contribution in [1.82, 2.24) is 4.98 Å². The molecular formula is C9H7FN2S. The molecule has 0 spiro atoms. The van der Waals surface area contributed by atoms with Crippen molar-refractivity contribution in [2.75, 3.05) is 5.73 Å². The molecule has 0 amide bonds. The van der Waals surface area contributed by atoms with Crippen molar-refractivity contribution < 1.29 is 4.39 Å². The van der Waals surface area contributed by atoms with Crippen molar-refractivity contribution >= 4 is 17.0 Å². The van der Waals surface area contributed by atoms with E-state index in [1.165, 1.54) is 17.4 Å². The second-order valence-electron chi connectivity index (χ2n) is 2.57. The van der Waals surface area contributed by atoms with Crippen LogP contribution in [0.15, 0.2) is 29.8 Å². The van der Waals surface area contributed by atoms with E-state index in [9.17, 15) is 4.39 Å². The predicted octanol–water partition coefficient (Wildman–Crippen LogP) is 2.53. The fourth-order valence-electron chi connectivity index (χ4n) is 1.03. The first kappa shape index (κ1) is 8.19. The SMILES string of the molecule is Nc1ccc(-c2nccs2)cc1F. The molecular weight excluding hydrogens is 187 g/mol. The van der Waals surface area contributed by atoms with Crippen molar-refractivity contribution in [3.63, 3.8) is 0 Å². The Hall–Kier alpha value is -1.42. The maximum absolute atomic E-state index is 13.0. The van der Waals surface area contributed by atoms with Gasteiger partial charge in [0.25, 0.3) is 0 Å². The maximum Gasteiger partial charge on any atom is 0.146 e. The molecule has 1 aromatic carbocycles. The summed E-state index contributed by atoms with van der Waals surface area (Å²) in [5.41, 5.74) is 6.28. The molecule has 0 saturated carbocycles. The maximum atomic E-state index is 13.0. The van der Waals surface area contributed by atoms with E-state index in [-0.39, 0.29) is 5.69 Å². The molecule has 0 saturated heterocycles. The lowest BCUT2D eigenvalue weighted by Gasteiger charge is -1.98. The molecule has 0 radical (unpaired) electrons. The Morgan fingerprint density at radius 1 is 1.38 bits per heavy atom. The number of nitrogen functional groups attached to an aromatic ring is 1. The number of nitrogens with two attached hydrogens (primary N) is 1. The van der Waals surface area contributed by atoms with Crippen LogP contribution in [0.1, 0.15) is 0 Å². The third-order valence-corrected chi connectivity index (χ3v) is 2.50. The van der Waals surface area contributed by atoms with E-state index in [1.54, 1.807) is 18.3 Å². The van der Waals surface area contributed by atoms with Gasteiger partial charge in [-0.15, -0.1) is 11.3 Å². The monoisotopic (exact) mass is 194 g/mol. The standard InChI is InChI=1S/C9H7FN2S/c10-7-5-6(1-2-8(7)11)9-12-3-4-13-9/h1-5H,11H2. The second kappa shape index (κ2) is 3.14. The average Bonchev–Trinajstić information content (AvgIpc) is 2.62. The Balaban J connectivity index is 2.49. The van der Waals surface area contributed by atoms with Crippen LogP contribution in [-0.2, 0) is 0 Å². The summed E-state index contributed by atoms with van der Waals surface area (Å²) in [6.45, 7) is 0. The lowest BCUT2D eigenvalue weighted by atomic mass is 10.2. The third-order valence-electron chi connectivity index (χ3n) is 1.68. The molecule has 0 aliphatic carbocycles. The minimum atomic E-state index is -0.396. The lowest BCUT2D eigenvalue weighted by Crippen LogP contribution is -1.89. The number of hydrogen-bond donors (Lipinski definition) is 1. The van der Waals surface area contributed by atoms with Crippen LogP contribution in [0.3, 0.4) is 0 Å². The highest BCUT2D eigenvalue weighted by molar-refractivity contribution is 7.13. The van der Waals surface area contributed by atoms with Gasteiger partial charge in [0.05, 0.1) is 5.69 Å². The summed E-state index contributed by atoms with van der Waals surface area (Å²) in [5.74, 6) is -0.396. The van der Waals surface area contributed by atoms with Gasteiger partial charge in [0.2, 0.25) is 0 Å². The molecule has 66 valence electrons. The first-order chi connectivity index (χ1) is 6.27. The summed E-state index contributed by atoms with van der Waals surface area (Å²) >= 11 is 1.47. The number of thiazole rings is 1. The van der Waals surface area contributed by atoms with Gasteiger partial charge in [-0.1, -0.05) is 0 Å². The minimum Gasteiger partial charge on any atom is -0.396 e. The van der Waals surface area contributed by atoms with Crippen LogP contribution in [0.4, 0.5) is 10.1 Å². The molecule has 1 aromatic heterocycles. The molecule has 4 heteroatoms. The Bertz CT molecular complexity index is 412. The number of aromatic nitrogens is 1. The van der Waals surface area contributed by atoms with Crippen LogP contribution in [0.2, 0.25) is 0 Å². The van der Waals surface area contributed by atoms with Crippen LogP contribution in [-0.4, -0.2) is 4.98 Å². The highest BCUT2D eigenvalue weighted by atomic mass is 32.1. The van der Waals surface area contributed by atoms with E-state index < -0.39 is 5.82 Å². The van der Waals surface area contributed by atoms with E-state index in [2.05, 4.69) is 4.98 Å². The number of halogens is 1. The molecule has 0 aliphatic rings. The van der Waals surface area contributed by atoms with Crippen molar-refractivity contribution in [3.8, 4) is 10.6 Å². The van der Waals surface area contributed by atoms with Gasteiger partial charge in [-0.2, -0.15) is 0 Å². The number of nitrogens with zero attached hydrogens (tertiary/aromatic N) is 1. The summed E-state index contributed by atoms with van der Waals surface area (Å²) in [6.07, 6.45) is 1.69. The first-order valence-corrected chi connectivity index (χ1v) is 4.60. The van der Waals surface area contributed by atoms with E-state index >= 15 is 0 Å². The number of hydrogen-bond acceptors (Lipinski definition) is 3. The summed E-state index contributed by atoms with van der Waals surface area (Å²) in [6, 6.07) is 4.71. The first-order valence-electron chi connectivity index (χ1n) is 3.72. The zero-order chi connectivity index (χ0) is 9.26. The summed E-state index contributed by atoms with van der Waals surface area (Å²) in [4.78, 5) is 4.07. The van der Waals surface area contributed by atoms with Gasteiger partial charge in [0.15, 0.2) is 0 Å². The Kier molecular flexibility index (Phi) is 1.98. The van der Waals surface area contributed by atoms with E-state index in [1.807, 2.05) is 5.38 Å². The van der Waals surface area contributed by atoms with Crippen molar-refractivity contribution in [2.24, 2.45) is 0 Å². The van der Waals surface area contributed by atoms with E-state index in [0.717, 1.165) is 10.6 Å². The van der Waals surface area contributed by atoms with E-state index in [4.69, 9.17) is 5.73 Å². The molecule has 13 heavy (non-hydrogen) atoms. The molecule has 2 rings (SSSR count). The molecule has 0 unspecified atom stereocenters. The molecule has 2 nitrogen and oxygen atoms in total. The molecule has 0 bridgehead atoms. The van der Waals surface area contributed by atoms with Crippen LogP contribution < -0.4 is 5.73 Å². The Morgan fingerprint density at radius 3 is 2.85 bits per heavy atom. The molecule has 0 fully saturated rings. The summed E-state index contributed by atoms with van der Waals surface area (Å²) in [7, 11) is 0. The Labute approximate surface area is 78.9 Å². The van der Waals surface area contributed by atoms with Gasteiger partial charge in [0.1, 0.15) is 10.8 Å². The van der Waals surface area contributed by atoms with Crippen LogP contribution >= 0.6 is 11.3 Å². The van der Waals surface area contributed by atoms with Crippen LogP contribution in [0.25, 0.3) is 10.6 Å². The van der Waals surface area contributed by atoms with Gasteiger partial charge < -0.3 is 5.73 Å². The van der Waals surface area contributed by atoms with E-state index in [0.29, 0.717) is 0 Å². The fraction of sp³-hybridized carbons (Fsp3) is 0. The number of anilines is 1. The lowest BCUT2D eigenvalue weighted by molar-refractivity contribution is 0.633. The molecule has 1 heterocycles. The fourth-order valence-corrected chi connectivity index (χ4v) is 1.66. The van der Waals surface area contributed by atoms with Gasteiger partial charge in [-0.3, -0.25) is 0 Å². The molecule has 2 N–H and O–H groups in total. The van der Waals surface area contributed by atoms with Crippen molar-refractivity contribution in [1.29, 1.82) is 0 Å². The van der Waals surface area contributed by atoms with Crippen LogP contribution in [0, 0.1) is 5.82 Å². The van der Waals surface area contributed by atoms with Gasteiger partial charge in [-0.05, 0) is 18.2 Å². The van der Waals surface area contributed by atoms with Crippen molar-refractivity contribution in [2.45, 2.75) is 0 Å². The quantitative estimate of drug-likeness (QED) is 0.708. The van der Waals surface area contributed by atoms with Gasteiger partial charge in [0, 0.05) is 17.1 Å². The zero-order valence-electron chi connectivity index (χ0n) is 6.70. The molecule has 0 aliphatic heterocycles. The normalized spacial score (nSPS) is 10.2. The topological polar surface area (TPSA) is 38.9 Å². The average molecular weight is 194 g/mol. The third kappa shape index (κ3) is 1.53. The number of benzene rings is 1. The Morgan fingerprint density at radius 2 is 2.23 bits per heavy atom.